The number of aryl methyl sites for hydroxylation is 1. The molecule has 0 saturated carbocycles. The second kappa shape index (κ2) is 6.28. The fraction of sp³-hybridized carbons (Fsp3) is 0.273. The quantitative estimate of drug-likeness (QED) is 0.574. The van der Waals surface area contributed by atoms with E-state index < -0.39 is 16.2 Å². The van der Waals surface area contributed by atoms with Crippen molar-refractivity contribution in [1.29, 1.82) is 0 Å². The SMILES string of the molecule is C#CC(C)O.Cc1ccc(S(=O)(=O)O)cc1. The second-order valence-corrected chi connectivity index (χ2v) is 4.55. The molecule has 0 aromatic heterocycles. The predicted octanol–water partition coefficient (Wildman–Crippen LogP) is 1.24. The lowest BCUT2D eigenvalue weighted by Crippen LogP contribution is -1.96. The molecule has 1 unspecified atom stereocenters. The third-order valence-electron chi connectivity index (χ3n) is 1.56. The molecule has 1 aromatic carbocycles. The third kappa shape index (κ3) is 6.19. The van der Waals surface area contributed by atoms with Gasteiger partial charge in [-0.25, -0.2) is 0 Å². The highest BCUT2D eigenvalue weighted by Crippen LogP contribution is 2.08. The van der Waals surface area contributed by atoms with Crippen molar-refractivity contribution < 1.29 is 18.1 Å². The molecule has 1 atom stereocenters. The van der Waals surface area contributed by atoms with E-state index in [0.29, 0.717) is 0 Å². The maximum atomic E-state index is 10.5. The largest absolute Gasteiger partial charge is 0.381 e. The van der Waals surface area contributed by atoms with Crippen LogP contribution >= 0.6 is 0 Å². The zero-order chi connectivity index (χ0) is 12.8. The molecule has 0 bridgehead atoms. The Kier molecular flexibility index (Phi) is 5.75. The first-order chi connectivity index (χ1) is 7.27. The zero-order valence-electron chi connectivity index (χ0n) is 9.08. The average molecular weight is 242 g/mol. The molecule has 1 rings (SSSR count). The zero-order valence-corrected chi connectivity index (χ0v) is 9.90. The molecular weight excluding hydrogens is 228 g/mol. The van der Waals surface area contributed by atoms with E-state index in [0.717, 1.165) is 5.56 Å². The summed E-state index contributed by atoms with van der Waals surface area (Å²) < 4.78 is 29.6. The van der Waals surface area contributed by atoms with Gasteiger partial charge in [0, 0.05) is 0 Å². The molecule has 0 spiro atoms. The van der Waals surface area contributed by atoms with Crippen LogP contribution in [0.15, 0.2) is 29.2 Å². The lowest BCUT2D eigenvalue weighted by molar-refractivity contribution is 0.253. The van der Waals surface area contributed by atoms with Crippen LogP contribution in [0.25, 0.3) is 0 Å². The Morgan fingerprint density at radius 3 is 1.94 bits per heavy atom. The average Bonchev–Trinajstić information content (AvgIpc) is 2.18. The van der Waals surface area contributed by atoms with Gasteiger partial charge in [-0.1, -0.05) is 23.6 Å². The van der Waals surface area contributed by atoms with Gasteiger partial charge in [-0.2, -0.15) is 8.42 Å². The first-order valence-electron chi connectivity index (χ1n) is 4.45. The minimum atomic E-state index is -4.02. The van der Waals surface area contributed by atoms with Crippen molar-refractivity contribution in [3.05, 3.63) is 29.8 Å². The van der Waals surface area contributed by atoms with E-state index in [1.54, 1.807) is 19.1 Å². The molecule has 0 aliphatic rings. The highest BCUT2D eigenvalue weighted by molar-refractivity contribution is 7.85. The lowest BCUT2D eigenvalue weighted by Gasteiger charge is -1.95. The van der Waals surface area contributed by atoms with E-state index in [-0.39, 0.29) is 4.90 Å². The van der Waals surface area contributed by atoms with Crippen LogP contribution in [0.2, 0.25) is 0 Å². The Labute approximate surface area is 95.7 Å². The molecule has 2 N–H and O–H groups in total. The van der Waals surface area contributed by atoms with Crippen LogP contribution in [0, 0.1) is 19.3 Å². The monoisotopic (exact) mass is 242 g/mol. The van der Waals surface area contributed by atoms with Crippen LogP contribution in [-0.4, -0.2) is 24.2 Å². The number of benzene rings is 1. The van der Waals surface area contributed by atoms with Gasteiger partial charge >= 0.3 is 0 Å². The maximum Gasteiger partial charge on any atom is 0.294 e. The summed E-state index contributed by atoms with van der Waals surface area (Å²) >= 11 is 0. The van der Waals surface area contributed by atoms with Crippen molar-refractivity contribution in [3.8, 4) is 12.3 Å². The summed E-state index contributed by atoms with van der Waals surface area (Å²) in [6.45, 7) is 3.38. The molecular formula is C11H14O4S. The Morgan fingerprint density at radius 1 is 1.31 bits per heavy atom. The van der Waals surface area contributed by atoms with Gasteiger partial charge < -0.3 is 5.11 Å². The molecule has 1 aromatic rings. The van der Waals surface area contributed by atoms with Gasteiger partial charge in [0.05, 0.1) is 4.90 Å². The van der Waals surface area contributed by atoms with Crippen LogP contribution in [0.1, 0.15) is 12.5 Å². The van der Waals surface area contributed by atoms with Gasteiger partial charge in [-0.3, -0.25) is 4.55 Å². The fourth-order valence-electron chi connectivity index (χ4n) is 0.710. The molecule has 0 aliphatic carbocycles. The van der Waals surface area contributed by atoms with Crippen molar-refractivity contribution in [1.82, 2.24) is 0 Å². The van der Waals surface area contributed by atoms with Crippen molar-refractivity contribution in [3.63, 3.8) is 0 Å². The normalized spacial score (nSPS) is 11.9. The van der Waals surface area contributed by atoms with E-state index in [1.807, 2.05) is 6.92 Å². The van der Waals surface area contributed by atoms with Gasteiger partial charge in [0.15, 0.2) is 0 Å². The number of hydrogen-bond acceptors (Lipinski definition) is 3. The number of terminal acetylenes is 1. The van der Waals surface area contributed by atoms with Gasteiger partial charge in [-0.15, -0.1) is 6.42 Å². The first-order valence-corrected chi connectivity index (χ1v) is 5.89. The molecule has 16 heavy (non-hydrogen) atoms. The van der Waals surface area contributed by atoms with E-state index in [1.165, 1.54) is 12.1 Å². The van der Waals surface area contributed by atoms with E-state index in [9.17, 15) is 8.42 Å². The van der Waals surface area contributed by atoms with Crippen LogP contribution in [-0.2, 0) is 10.1 Å². The first kappa shape index (κ1) is 14.6. The summed E-state index contributed by atoms with van der Waals surface area (Å²) in [7, 11) is -4.02. The summed E-state index contributed by atoms with van der Waals surface area (Å²) in [4.78, 5) is -0.0666. The van der Waals surface area contributed by atoms with Crippen molar-refractivity contribution in [2.75, 3.05) is 0 Å². The predicted molar refractivity (Wildman–Crippen MR) is 61.5 cm³/mol. The van der Waals surface area contributed by atoms with E-state index >= 15 is 0 Å². The highest BCUT2D eigenvalue weighted by atomic mass is 32.2. The minimum absolute atomic E-state index is 0.0666. The highest BCUT2D eigenvalue weighted by Gasteiger charge is 2.06. The second-order valence-electron chi connectivity index (χ2n) is 3.13. The van der Waals surface area contributed by atoms with Gasteiger partial charge in [-0.05, 0) is 26.0 Å². The molecule has 0 amide bonds. The number of hydrogen-bond donors (Lipinski definition) is 2. The van der Waals surface area contributed by atoms with E-state index in [4.69, 9.17) is 9.66 Å². The fourth-order valence-corrected chi connectivity index (χ4v) is 1.19. The topological polar surface area (TPSA) is 74.6 Å². The summed E-state index contributed by atoms with van der Waals surface area (Å²) in [5.41, 5.74) is 0.956. The standard InChI is InChI=1S/C7H8O3S.C4H6O/c1-6-2-4-7(5-3-6)11(8,9)10;1-3-4(2)5/h2-5H,1H3,(H,8,9,10);1,4-5H,2H3. The Morgan fingerprint density at radius 2 is 1.69 bits per heavy atom. The third-order valence-corrected chi connectivity index (χ3v) is 2.43. The van der Waals surface area contributed by atoms with Gasteiger partial charge in [0.25, 0.3) is 10.1 Å². The Balaban J connectivity index is 0.000000385. The summed E-state index contributed by atoms with van der Waals surface area (Å²) in [6.07, 6.45) is 4.08. The molecule has 0 radical (unpaired) electrons. The summed E-state index contributed by atoms with van der Waals surface area (Å²) in [5.74, 6) is 2.08. The Hall–Kier alpha value is -1.35. The van der Waals surface area contributed by atoms with Crippen LogP contribution in [0.4, 0.5) is 0 Å². The van der Waals surface area contributed by atoms with E-state index in [2.05, 4.69) is 12.3 Å². The van der Waals surface area contributed by atoms with Crippen molar-refractivity contribution >= 4 is 10.1 Å². The van der Waals surface area contributed by atoms with Crippen LogP contribution in [0.3, 0.4) is 0 Å². The minimum Gasteiger partial charge on any atom is -0.381 e. The van der Waals surface area contributed by atoms with Crippen LogP contribution < -0.4 is 0 Å². The maximum absolute atomic E-state index is 10.5. The molecule has 0 heterocycles. The van der Waals surface area contributed by atoms with Crippen molar-refractivity contribution in [2.24, 2.45) is 0 Å². The van der Waals surface area contributed by atoms with Gasteiger partial charge in [0.1, 0.15) is 6.10 Å². The van der Waals surface area contributed by atoms with Crippen LogP contribution in [0.5, 0.6) is 0 Å². The smallest absolute Gasteiger partial charge is 0.294 e. The molecule has 0 fully saturated rings. The number of rotatable bonds is 1. The molecule has 88 valence electrons. The molecule has 4 nitrogen and oxygen atoms in total. The molecule has 0 aliphatic heterocycles. The van der Waals surface area contributed by atoms with Gasteiger partial charge in [0.2, 0.25) is 0 Å². The lowest BCUT2D eigenvalue weighted by atomic mass is 10.2. The summed E-state index contributed by atoms with van der Waals surface area (Å²) in [6, 6.07) is 5.99. The summed E-state index contributed by atoms with van der Waals surface area (Å²) in [5, 5.41) is 8.12. The number of aliphatic hydroxyl groups is 1. The number of aliphatic hydroxyl groups excluding tert-OH is 1. The Bertz CT molecular complexity index is 452. The molecule has 0 saturated heterocycles. The van der Waals surface area contributed by atoms with Crippen molar-refractivity contribution in [2.45, 2.75) is 24.8 Å². The molecule has 5 heteroatoms.